The number of rotatable bonds is 0. The third-order valence-electron chi connectivity index (χ3n) is 3.38. The Hall–Kier alpha value is -0.770. The van der Waals surface area contributed by atoms with E-state index in [2.05, 4.69) is 13.8 Å². The number of nitrogens with zero attached hydrogens (tertiary/aromatic N) is 2. The number of hydrogen-bond acceptors (Lipinski definition) is 2. The van der Waals surface area contributed by atoms with Gasteiger partial charge in [0.15, 0.2) is 0 Å². The zero-order chi connectivity index (χ0) is 10.8. The molecule has 4 heteroatoms. The van der Waals surface area contributed by atoms with Crippen LogP contribution in [0.5, 0.6) is 0 Å². The summed E-state index contributed by atoms with van der Waals surface area (Å²) >= 11 is 0. The molecule has 0 aromatic carbocycles. The maximum atomic E-state index is 12.1. The number of hydroxylamine groups is 2. The fourth-order valence-electron chi connectivity index (χ4n) is 2.53. The normalized spacial score (nSPS) is 32.1. The molecule has 2 atom stereocenters. The highest BCUT2D eigenvalue weighted by Gasteiger charge is 2.33. The van der Waals surface area contributed by atoms with Gasteiger partial charge in [0.1, 0.15) is 0 Å². The molecule has 0 aromatic rings. The van der Waals surface area contributed by atoms with Crippen LogP contribution >= 0.6 is 0 Å². The summed E-state index contributed by atoms with van der Waals surface area (Å²) in [6, 6.07) is 0.767. The Morgan fingerprint density at radius 3 is 2.40 bits per heavy atom. The molecule has 2 saturated heterocycles. The van der Waals surface area contributed by atoms with E-state index < -0.39 is 0 Å². The maximum Gasteiger partial charge on any atom is 0.344 e. The van der Waals surface area contributed by atoms with E-state index >= 15 is 0 Å². The summed E-state index contributed by atoms with van der Waals surface area (Å²) < 4.78 is 0. The average molecular weight is 212 g/mol. The highest BCUT2D eigenvalue weighted by Crippen LogP contribution is 2.24. The van der Waals surface area contributed by atoms with Crippen LogP contribution in [-0.2, 0) is 4.84 Å². The van der Waals surface area contributed by atoms with Gasteiger partial charge in [-0.1, -0.05) is 0 Å². The van der Waals surface area contributed by atoms with E-state index in [1.165, 1.54) is 11.5 Å². The summed E-state index contributed by atoms with van der Waals surface area (Å²) in [5, 5.41) is 1.53. The Balaban J connectivity index is 2.02. The third kappa shape index (κ3) is 2.09. The summed E-state index contributed by atoms with van der Waals surface area (Å²) in [6.45, 7) is 5.68. The topological polar surface area (TPSA) is 32.8 Å². The molecule has 2 aliphatic heterocycles. The first kappa shape index (κ1) is 10.7. The van der Waals surface area contributed by atoms with Crippen molar-refractivity contribution >= 4 is 6.03 Å². The minimum Gasteiger partial charge on any atom is -0.317 e. The largest absolute Gasteiger partial charge is 0.344 e. The van der Waals surface area contributed by atoms with Gasteiger partial charge in [-0.05, 0) is 39.5 Å². The summed E-state index contributed by atoms with van der Waals surface area (Å²) in [4.78, 5) is 19.4. The monoisotopic (exact) mass is 212 g/mol. The molecule has 0 spiro atoms. The van der Waals surface area contributed by atoms with E-state index in [9.17, 15) is 4.79 Å². The van der Waals surface area contributed by atoms with Crippen LogP contribution in [0, 0.1) is 0 Å². The Morgan fingerprint density at radius 1 is 1.20 bits per heavy atom. The van der Waals surface area contributed by atoms with Gasteiger partial charge in [-0.25, -0.2) is 9.86 Å². The lowest BCUT2D eigenvalue weighted by atomic mass is 9.98. The maximum absolute atomic E-state index is 12.1. The van der Waals surface area contributed by atoms with E-state index in [0.29, 0.717) is 18.7 Å². The molecule has 0 saturated carbocycles. The van der Waals surface area contributed by atoms with E-state index in [-0.39, 0.29) is 6.03 Å². The number of carbonyl (C=O) groups excluding carboxylic acids is 1. The molecule has 0 bridgehead atoms. The van der Waals surface area contributed by atoms with Gasteiger partial charge < -0.3 is 4.90 Å². The van der Waals surface area contributed by atoms with Gasteiger partial charge >= 0.3 is 6.03 Å². The zero-order valence-electron chi connectivity index (χ0n) is 9.61. The molecule has 2 fully saturated rings. The second-order valence-corrected chi connectivity index (χ2v) is 4.61. The molecular formula is C11H20N2O2. The van der Waals surface area contributed by atoms with Gasteiger partial charge in [0.25, 0.3) is 0 Å². The molecule has 2 heterocycles. The molecule has 2 rings (SSSR count). The predicted molar refractivity (Wildman–Crippen MR) is 57.3 cm³/mol. The predicted octanol–water partition coefficient (Wildman–Crippen LogP) is 2.01. The molecule has 0 unspecified atom stereocenters. The Labute approximate surface area is 91.1 Å². The van der Waals surface area contributed by atoms with Crippen molar-refractivity contribution in [3.63, 3.8) is 0 Å². The zero-order valence-corrected chi connectivity index (χ0v) is 9.61. The molecule has 15 heavy (non-hydrogen) atoms. The van der Waals surface area contributed by atoms with E-state index in [1.54, 1.807) is 0 Å². The number of hydrogen-bond donors (Lipinski definition) is 0. The second kappa shape index (κ2) is 4.39. The van der Waals surface area contributed by atoms with Crippen LogP contribution in [0.25, 0.3) is 0 Å². The number of urea groups is 1. The average Bonchev–Trinajstić information content (AvgIpc) is 2.69. The SMILES string of the molecule is C[C@@H]1CCC[C@H](C)N1C(=O)N1CCCO1. The van der Waals surface area contributed by atoms with Crippen LogP contribution < -0.4 is 0 Å². The fraction of sp³-hybridized carbons (Fsp3) is 0.909. The van der Waals surface area contributed by atoms with Crippen molar-refractivity contribution in [3.8, 4) is 0 Å². The van der Waals surface area contributed by atoms with Gasteiger partial charge in [0, 0.05) is 12.1 Å². The second-order valence-electron chi connectivity index (χ2n) is 4.61. The van der Waals surface area contributed by atoms with E-state index in [4.69, 9.17) is 4.84 Å². The molecule has 86 valence electrons. The lowest BCUT2D eigenvalue weighted by molar-refractivity contribution is -0.0851. The Morgan fingerprint density at radius 2 is 1.87 bits per heavy atom. The Kier molecular flexibility index (Phi) is 3.14. The minimum atomic E-state index is 0.0622. The third-order valence-corrected chi connectivity index (χ3v) is 3.38. The Bertz CT molecular complexity index is 229. The quantitative estimate of drug-likeness (QED) is 0.615. The van der Waals surface area contributed by atoms with Crippen molar-refractivity contribution in [3.05, 3.63) is 0 Å². The first-order valence-electron chi connectivity index (χ1n) is 5.93. The molecule has 0 N–H and O–H groups in total. The van der Waals surface area contributed by atoms with Crippen LogP contribution in [0.3, 0.4) is 0 Å². The summed E-state index contributed by atoms with van der Waals surface area (Å²) in [7, 11) is 0. The smallest absolute Gasteiger partial charge is 0.317 e. The standard InChI is InChI=1S/C11H20N2O2/c1-9-5-3-6-10(2)13(9)11(14)12-7-4-8-15-12/h9-10H,3-8H2,1-2H3/t9-,10+. The first-order chi connectivity index (χ1) is 7.20. The van der Waals surface area contributed by atoms with Crippen LogP contribution in [-0.4, -0.2) is 41.2 Å². The molecule has 0 aromatic heterocycles. The van der Waals surface area contributed by atoms with Gasteiger partial charge in [-0.2, -0.15) is 0 Å². The van der Waals surface area contributed by atoms with Crippen LogP contribution in [0.4, 0.5) is 4.79 Å². The van der Waals surface area contributed by atoms with Gasteiger partial charge in [-0.15, -0.1) is 0 Å². The van der Waals surface area contributed by atoms with Crippen molar-refractivity contribution < 1.29 is 9.63 Å². The van der Waals surface area contributed by atoms with Crippen molar-refractivity contribution in [2.45, 2.75) is 51.6 Å². The molecule has 0 aliphatic carbocycles. The molecular weight excluding hydrogens is 192 g/mol. The van der Waals surface area contributed by atoms with Crippen molar-refractivity contribution in [1.82, 2.24) is 9.96 Å². The van der Waals surface area contributed by atoms with Crippen molar-refractivity contribution in [2.75, 3.05) is 13.2 Å². The fourth-order valence-corrected chi connectivity index (χ4v) is 2.53. The first-order valence-corrected chi connectivity index (χ1v) is 5.93. The van der Waals surface area contributed by atoms with Crippen molar-refractivity contribution in [1.29, 1.82) is 0 Å². The lowest BCUT2D eigenvalue weighted by Crippen LogP contribution is -2.52. The number of carbonyl (C=O) groups is 1. The van der Waals surface area contributed by atoms with Crippen LogP contribution in [0.15, 0.2) is 0 Å². The van der Waals surface area contributed by atoms with Gasteiger partial charge in [-0.3, -0.25) is 4.84 Å². The van der Waals surface area contributed by atoms with E-state index in [1.807, 2.05) is 4.90 Å². The van der Waals surface area contributed by atoms with Gasteiger partial charge in [0.2, 0.25) is 0 Å². The molecule has 2 amide bonds. The highest BCUT2D eigenvalue weighted by molar-refractivity contribution is 5.74. The molecule has 4 nitrogen and oxygen atoms in total. The summed E-state index contributed by atoms with van der Waals surface area (Å²) in [5.74, 6) is 0. The van der Waals surface area contributed by atoms with Crippen LogP contribution in [0.1, 0.15) is 39.5 Å². The minimum absolute atomic E-state index is 0.0622. The summed E-state index contributed by atoms with van der Waals surface area (Å²) in [5.41, 5.74) is 0. The number of piperidine rings is 1. The molecule has 2 aliphatic rings. The lowest BCUT2D eigenvalue weighted by Gasteiger charge is -2.40. The number of amides is 2. The summed E-state index contributed by atoms with van der Waals surface area (Å²) in [6.07, 6.45) is 4.42. The van der Waals surface area contributed by atoms with Gasteiger partial charge in [0.05, 0.1) is 13.2 Å². The van der Waals surface area contributed by atoms with E-state index in [0.717, 1.165) is 25.8 Å². The highest BCUT2D eigenvalue weighted by atomic mass is 16.7. The number of likely N-dealkylation sites (tertiary alicyclic amines) is 1. The van der Waals surface area contributed by atoms with Crippen molar-refractivity contribution in [2.24, 2.45) is 0 Å². The van der Waals surface area contributed by atoms with Crippen LogP contribution in [0.2, 0.25) is 0 Å². The molecule has 0 radical (unpaired) electrons.